The van der Waals surface area contributed by atoms with Crippen LogP contribution in [0.5, 0.6) is 0 Å². The number of rotatable bonds is 5. The highest BCUT2D eigenvalue weighted by molar-refractivity contribution is 5.88. The molecule has 4 saturated carbocycles. The lowest BCUT2D eigenvalue weighted by molar-refractivity contribution is -0.180. The summed E-state index contributed by atoms with van der Waals surface area (Å²) in [6, 6.07) is 7.51. The summed E-state index contributed by atoms with van der Waals surface area (Å²) in [7, 11) is 4.17. The maximum Gasteiger partial charge on any atom is 0.335 e. The second kappa shape index (κ2) is 14.0. The van der Waals surface area contributed by atoms with Gasteiger partial charge in [-0.2, -0.15) is 0 Å². The molecule has 0 heterocycles. The number of nitrogens with zero attached hydrogens (tertiary/aromatic N) is 1. The van der Waals surface area contributed by atoms with Crippen LogP contribution in [0.15, 0.2) is 43.0 Å². The lowest BCUT2D eigenvalue weighted by Crippen LogP contribution is -2.61. The molecule has 8 atom stereocenters. The smallest absolute Gasteiger partial charge is 0.335 e. The third-order valence-corrected chi connectivity index (χ3v) is 13.7. The summed E-state index contributed by atoms with van der Waals surface area (Å²) in [4.78, 5) is 26.3. The van der Waals surface area contributed by atoms with Crippen LogP contribution in [-0.2, 0) is 4.79 Å². The molecule has 0 spiro atoms. The van der Waals surface area contributed by atoms with Crippen molar-refractivity contribution in [3.63, 3.8) is 0 Å². The Morgan fingerprint density at radius 1 is 0.935 bits per heavy atom. The number of carboxylic acids is 1. The van der Waals surface area contributed by atoms with E-state index in [0.29, 0.717) is 34.7 Å². The Bertz CT molecular complexity index is 1280. The van der Waals surface area contributed by atoms with Gasteiger partial charge in [-0.1, -0.05) is 65.3 Å². The summed E-state index contributed by atoms with van der Waals surface area (Å²) in [5.74, 6) is 2.32. The number of hydrogen-bond acceptors (Lipinski definition) is 3. The zero-order valence-corrected chi connectivity index (χ0v) is 30.3. The molecule has 8 unspecified atom stereocenters. The van der Waals surface area contributed by atoms with Crippen LogP contribution in [0, 0.1) is 51.2 Å². The molecule has 3 N–H and O–H groups in total. The number of primary amides is 1. The normalized spacial score (nSPS) is 37.0. The number of carboxylic acid groups (broad SMARTS) is 1. The van der Waals surface area contributed by atoms with Gasteiger partial charge in [-0.3, -0.25) is 4.79 Å². The van der Waals surface area contributed by atoms with E-state index in [-0.39, 0.29) is 22.2 Å². The van der Waals surface area contributed by atoms with Crippen LogP contribution in [0.1, 0.15) is 128 Å². The first-order valence-electron chi connectivity index (χ1n) is 18.2. The number of allylic oxidation sites excluding steroid dienone is 3. The van der Waals surface area contributed by atoms with Crippen molar-refractivity contribution in [3.8, 4) is 0 Å². The average Bonchev–Trinajstić information content (AvgIpc) is 3.44. The summed E-state index contributed by atoms with van der Waals surface area (Å²) in [6.07, 6.45) is 17.3. The lowest BCUT2D eigenvalue weighted by Gasteiger charge is -2.68. The molecule has 5 aliphatic rings. The molecule has 0 aromatic heterocycles. The molecule has 4 fully saturated rings. The van der Waals surface area contributed by atoms with E-state index in [0.717, 1.165) is 25.2 Å². The van der Waals surface area contributed by atoms with Crippen LogP contribution in [-0.4, -0.2) is 42.5 Å². The predicted molar refractivity (Wildman–Crippen MR) is 191 cm³/mol. The van der Waals surface area contributed by atoms with E-state index in [1.54, 1.807) is 18.2 Å². The Balaban J connectivity index is 0.000000474. The Kier molecular flexibility index (Phi) is 11.1. The second-order valence-corrected chi connectivity index (χ2v) is 16.7. The first-order valence-corrected chi connectivity index (χ1v) is 18.2. The standard InChI is InChI=1S/C33H45NO3.C5H13N.C3H6/c1-30(2)23(20-7-9-21(10-8-20)28(35)36)13-17-32(4)26(30)15-18-31(3)24-14-19-33(29(34)37)16-5-6-25(33)22(24)11-12-27(31)32;1-4-5-6(2)3;1-3-2/h7-10,13,22,24-27H,5-6,11-12,14-19H2,1-4H3,(H2,34,37)(H,35,36);4-5H2,1-3H3;3H,1H2,2H3. The van der Waals surface area contributed by atoms with Crippen molar-refractivity contribution in [2.45, 2.75) is 112 Å². The first kappa shape index (κ1) is 36.4. The third-order valence-electron chi connectivity index (χ3n) is 13.7. The number of amides is 1. The number of aromatic carboxylic acids is 1. The summed E-state index contributed by atoms with van der Waals surface area (Å²) in [6.45, 7) is 18.7. The Morgan fingerprint density at radius 3 is 2.13 bits per heavy atom. The number of nitrogens with two attached hydrogens (primary N) is 1. The fraction of sp³-hybridized carbons (Fsp3) is 0.707. The molecule has 1 amide bonds. The van der Waals surface area contributed by atoms with Gasteiger partial charge in [-0.05, 0) is 161 Å². The van der Waals surface area contributed by atoms with Gasteiger partial charge < -0.3 is 15.7 Å². The van der Waals surface area contributed by atoms with E-state index in [1.807, 2.05) is 19.1 Å². The number of benzene rings is 1. The summed E-state index contributed by atoms with van der Waals surface area (Å²) in [5, 5.41) is 9.35. The van der Waals surface area contributed by atoms with Gasteiger partial charge in [0, 0.05) is 0 Å². The third kappa shape index (κ3) is 6.27. The van der Waals surface area contributed by atoms with Crippen molar-refractivity contribution in [1.29, 1.82) is 0 Å². The maximum atomic E-state index is 12.7. The van der Waals surface area contributed by atoms with Gasteiger partial charge in [-0.25, -0.2) is 4.79 Å². The van der Waals surface area contributed by atoms with Crippen molar-refractivity contribution < 1.29 is 14.7 Å². The number of hydrogen-bond donors (Lipinski definition) is 2. The monoisotopic (exact) mass is 632 g/mol. The van der Waals surface area contributed by atoms with Gasteiger partial charge >= 0.3 is 5.97 Å². The van der Waals surface area contributed by atoms with Crippen LogP contribution in [0.25, 0.3) is 5.57 Å². The average molecular weight is 633 g/mol. The number of carbonyl (C=O) groups is 2. The number of fused-ring (bicyclic) bond motifs is 7. The maximum absolute atomic E-state index is 12.7. The summed E-state index contributed by atoms with van der Waals surface area (Å²) < 4.78 is 0. The van der Waals surface area contributed by atoms with Gasteiger partial charge in [0.25, 0.3) is 0 Å². The molecule has 0 aliphatic heterocycles. The predicted octanol–water partition coefficient (Wildman–Crippen LogP) is 9.48. The van der Waals surface area contributed by atoms with Gasteiger partial charge in [0.2, 0.25) is 5.91 Å². The molecule has 0 bridgehead atoms. The minimum absolute atomic E-state index is 0.0144. The fourth-order valence-electron chi connectivity index (χ4n) is 12.0. The van der Waals surface area contributed by atoms with E-state index in [4.69, 9.17) is 5.73 Å². The van der Waals surface area contributed by atoms with Crippen LogP contribution < -0.4 is 5.73 Å². The van der Waals surface area contributed by atoms with Crippen LogP contribution in [0.2, 0.25) is 0 Å². The van der Waals surface area contributed by atoms with E-state index in [1.165, 1.54) is 69.0 Å². The Hall–Kier alpha value is -2.40. The highest BCUT2D eigenvalue weighted by atomic mass is 16.4. The highest BCUT2D eigenvalue weighted by Crippen LogP contribution is 2.73. The molecule has 1 aromatic rings. The molecular weight excluding hydrogens is 568 g/mol. The molecule has 256 valence electrons. The lowest BCUT2D eigenvalue weighted by atomic mass is 9.36. The zero-order chi connectivity index (χ0) is 34.1. The van der Waals surface area contributed by atoms with Gasteiger partial charge in [0.1, 0.15) is 0 Å². The van der Waals surface area contributed by atoms with E-state index in [9.17, 15) is 14.7 Å². The van der Waals surface area contributed by atoms with E-state index in [2.05, 4.69) is 66.3 Å². The fourth-order valence-corrected chi connectivity index (χ4v) is 12.0. The van der Waals surface area contributed by atoms with E-state index >= 15 is 0 Å². The topological polar surface area (TPSA) is 83.6 Å². The largest absolute Gasteiger partial charge is 0.478 e. The highest BCUT2D eigenvalue weighted by Gasteiger charge is 2.66. The van der Waals surface area contributed by atoms with Crippen molar-refractivity contribution >= 4 is 17.4 Å². The molecule has 0 saturated heterocycles. The quantitative estimate of drug-likeness (QED) is 0.317. The van der Waals surface area contributed by atoms with Crippen LogP contribution in [0.3, 0.4) is 0 Å². The molecule has 5 aliphatic carbocycles. The zero-order valence-electron chi connectivity index (χ0n) is 30.3. The molecule has 5 heteroatoms. The van der Waals surface area contributed by atoms with Gasteiger partial charge in [0.05, 0.1) is 11.0 Å². The molecule has 6 rings (SSSR count). The Morgan fingerprint density at radius 2 is 1.59 bits per heavy atom. The van der Waals surface area contributed by atoms with Crippen LogP contribution >= 0.6 is 0 Å². The van der Waals surface area contributed by atoms with Gasteiger partial charge in [0.15, 0.2) is 0 Å². The SMILES string of the molecule is C=CC.CC1(C)C(c2ccc(C(=O)O)cc2)=CCC2(C)C1CCC1(C)C3CCC4(C(N)=O)CCCC4C3CCC12.CCCN(C)C. The van der Waals surface area contributed by atoms with E-state index < -0.39 is 5.97 Å². The molecule has 46 heavy (non-hydrogen) atoms. The van der Waals surface area contributed by atoms with Crippen LogP contribution in [0.4, 0.5) is 0 Å². The molecule has 0 radical (unpaired) electrons. The molecular formula is C41H64N2O3. The Labute approximate surface area is 280 Å². The molecule has 5 nitrogen and oxygen atoms in total. The minimum Gasteiger partial charge on any atom is -0.478 e. The summed E-state index contributed by atoms with van der Waals surface area (Å²) in [5.41, 5.74) is 9.41. The molecule has 1 aromatic carbocycles. The van der Waals surface area contributed by atoms with Crippen molar-refractivity contribution in [1.82, 2.24) is 4.90 Å². The number of carbonyl (C=O) groups excluding carboxylic acids is 1. The second-order valence-electron chi connectivity index (χ2n) is 16.7. The first-order chi connectivity index (χ1) is 21.6. The minimum atomic E-state index is -0.869. The van der Waals surface area contributed by atoms with Crippen molar-refractivity contribution in [3.05, 3.63) is 54.1 Å². The van der Waals surface area contributed by atoms with Gasteiger partial charge in [-0.15, -0.1) is 6.58 Å². The summed E-state index contributed by atoms with van der Waals surface area (Å²) >= 11 is 0. The van der Waals surface area contributed by atoms with Crippen molar-refractivity contribution in [2.24, 2.45) is 57.0 Å². The van der Waals surface area contributed by atoms with Crippen molar-refractivity contribution in [2.75, 3.05) is 20.6 Å².